The van der Waals surface area contributed by atoms with Crippen LogP contribution in [0.3, 0.4) is 0 Å². The van der Waals surface area contributed by atoms with E-state index in [1.807, 2.05) is 0 Å². The molecular formula is C11H12F2N2O3. The molecule has 1 aromatic rings. The van der Waals surface area contributed by atoms with Crippen molar-refractivity contribution in [3.63, 3.8) is 0 Å². The van der Waals surface area contributed by atoms with Gasteiger partial charge in [0.1, 0.15) is 6.04 Å². The molecule has 0 fully saturated rings. The smallest absolute Gasteiger partial charge is 0.321 e. The minimum atomic E-state index is -1.28. The molecule has 0 aliphatic carbocycles. The quantitative estimate of drug-likeness (QED) is 0.712. The zero-order valence-corrected chi connectivity index (χ0v) is 9.32. The topological polar surface area (TPSA) is 92.4 Å². The predicted molar refractivity (Wildman–Crippen MR) is 58.4 cm³/mol. The number of carboxylic acids is 1. The number of aliphatic carboxylic acids is 1. The number of halogens is 2. The molecule has 7 heteroatoms. The van der Waals surface area contributed by atoms with Crippen molar-refractivity contribution in [1.82, 2.24) is 5.32 Å². The van der Waals surface area contributed by atoms with Gasteiger partial charge >= 0.3 is 5.97 Å². The van der Waals surface area contributed by atoms with E-state index in [0.29, 0.717) is 5.56 Å². The lowest BCUT2D eigenvalue weighted by molar-refractivity contribution is -0.140. The molecule has 1 unspecified atom stereocenters. The van der Waals surface area contributed by atoms with Crippen molar-refractivity contribution in [3.05, 3.63) is 35.4 Å². The van der Waals surface area contributed by atoms with Gasteiger partial charge in [-0.15, -0.1) is 0 Å². The molecule has 0 aliphatic rings. The number of amides is 1. The van der Waals surface area contributed by atoms with Gasteiger partial charge in [-0.05, 0) is 17.7 Å². The van der Waals surface area contributed by atoms with E-state index >= 15 is 0 Å². The van der Waals surface area contributed by atoms with E-state index in [9.17, 15) is 18.4 Å². The third-order valence-electron chi connectivity index (χ3n) is 2.20. The summed E-state index contributed by atoms with van der Waals surface area (Å²) in [6.07, 6.45) is -0.376. The highest BCUT2D eigenvalue weighted by Crippen LogP contribution is 2.08. The number of nitrogens with one attached hydrogen (secondary N) is 1. The molecule has 5 nitrogen and oxygen atoms in total. The fraction of sp³-hybridized carbons (Fsp3) is 0.273. The summed E-state index contributed by atoms with van der Waals surface area (Å²) in [4.78, 5) is 21.7. The number of hydrogen-bond donors (Lipinski definition) is 3. The molecule has 1 rings (SSSR count). The molecule has 0 aliphatic heterocycles. The second kappa shape index (κ2) is 6.06. The SMILES string of the molecule is NC(CC(=O)NCc1ccc(F)c(F)c1)C(=O)O. The lowest BCUT2D eigenvalue weighted by Crippen LogP contribution is -2.36. The maximum absolute atomic E-state index is 12.8. The predicted octanol–water partition coefficient (Wildman–Crippen LogP) is 0.383. The van der Waals surface area contributed by atoms with Crippen LogP contribution in [0.4, 0.5) is 8.78 Å². The first-order valence-corrected chi connectivity index (χ1v) is 5.09. The number of nitrogens with two attached hydrogens (primary N) is 1. The molecule has 1 aromatic carbocycles. The molecule has 0 saturated carbocycles. The molecule has 0 bridgehead atoms. The Morgan fingerprint density at radius 3 is 2.56 bits per heavy atom. The minimum absolute atomic E-state index is 0.0254. The average molecular weight is 258 g/mol. The summed E-state index contributed by atoms with van der Waals surface area (Å²) in [5, 5.41) is 10.8. The number of hydrogen-bond acceptors (Lipinski definition) is 3. The molecular weight excluding hydrogens is 246 g/mol. The summed E-state index contributed by atoms with van der Waals surface area (Å²) in [6, 6.07) is 1.93. The Balaban J connectivity index is 2.47. The molecule has 4 N–H and O–H groups in total. The molecule has 98 valence electrons. The van der Waals surface area contributed by atoms with Crippen molar-refractivity contribution in [3.8, 4) is 0 Å². The number of carbonyl (C=O) groups excluding carboxylic acids is 1. The van der Waals surface area contributed by atoms with Crippen molar-refractivity contribution in [2.24, 2.45) is 5.73 Å². The van der Waals surface area contributed by atoms with Crippen molar-refractivity contribution in [2.45, 2.75) is 19.0 Å². The van der Waals surface area contributed by atoms with Crippen molar-refractivity contribution in [1.29, 1.82) is 0 Å². The number of benzene rings is 1. The van der Waals surface area contributed by atoms with E-state index in [1.54, 1.807) is 0 Å². The van der Waals surface area contributed by atoms with Crippen molar-refractivity contribution < 1.29 is 23.5 Å². The van der Waals surface area contributed by atoms with Gasteiger partial charge in [-0.2, -0.15) is 0 Å². The monoisotopic (exact) mass is 258 g/mol. The number of carboxylic acid groups (broad SMARTS) is 1. The Hall–Kier alpha value is -2.02. The lowest BCUT2D eigenvalue weighted by Gasteiger charge is -2.08. The van der Waals surface area contributed by atoms with Gasteiger partial charge in [0.15, 0.2) is 11.6 Å². The van der Waals surface area contributed by atoms with Crippen LogP contribution < -0.4 is 11.1 Å². The average Bonchev–Trinajstić information content (AvgIpc) is 2.30. The van der Waals surface area contributed by atoms with Crippen LogP contribution in [0.2, 0.25) is 0 Å². The van der Waals surface area contributed by atoms with E-state index in [2.05, 4.69) is 5.32 Å². The zero-order chi connectivity index (χ0) is 13.7. The molecule has 0 aromatic heterocycles. The van der Waals surface area contributed by atoms with Crippen LogP contribution in [0.5, 0.6) is 0 Å². The molecule has 1 amide bonds. The van der Waals surface area contributed by atoms with E-state index in [1.165, 1.54) is 6.07 Å². The second-order valence-electron chi connectivity index (χ2n) is 3.67. The van der Waals surface area contributed by atoms with Crippen LogP contribution in [-0.2, 0) is 16.1 Å². The van der Waals surface area contributed by atoms with E-state index in [-0.39, 0.29) is 13.0 Å². The van der Waals surface area contributed by atoms with Crippen LogP contribution in [0.15, 0.2) is 18.2 Å². The Morgan fingerprint density at radius 1 is 1.33 bits per heavy atom. The highest BCUT2D eigenvalue weighted by molar-refractivity contribution is 5.84. The summed E-state index contributed by atoms with van der Waals surface area (Å²) in [7, 11) is 0. The van der Waals surface area contributed by atoms with Gasteiger partial charge in [0, 0.05) is 6.54 Å². The lowest BCUT2D eigenvalue weighted by atomic mass is 10.2. The molecule has 1 atom stereocenters. The van der Waals surface area contributed by atoms with E-state index in [4.69, 9.17) is 10.8 Å². The molecule has 0 saturated heterocycles. The van der Waals surface area contributed by atoms with E-state index in [0.717, 1.165) is 12.1 Å². The highest BCUT2D eigenvalue weighted by atomic mass is 19.2. The van der Waals surface area contributed by atoms with Crippen molar-refractivity contribution in [2.75, 3.05) is 0 Å². The van der Waals surface area contributed by atoms with Gasteiger partial charge in [-0.3, -0.25) is 9.59 Å². The van der Waals surface area contributed by atoms with Crippen LogP contribution in [0.25, 0.3) is 0 Å². The summed E-state index contributed by atoms with van der Waals surface area (Å²) in [5.41, 5.74) is 5.53. The molecule has 18 heavy (non-hydrogen) atoms. The first-order chi connectivity index (χ1) is 8.40. The maximum atomic E-state index is 12.8. The zero-order valence-electron chi connectivity index (χ0n) is 9.32. The third-order valence-corrected chi connectivity index (χ3v) is 2.20. The summed E-state index contributed by atoms with van der Waals surface area (Å²) >= 11 is 0. The van der Waals surface area contributed by atoms with Crippen LogP contribution in [-0.4, -0.2) is 23.0 Å². The van der Waals surface area contributed by atoms with Crippen LogP contribution in [0.1, 0.15) is 12.0 Å². The van der Waals surface area contributed by atoms with Crippen molar-refractivity contribution >= 4 is 11.9 Å². The largest absolute Gasteiger partial charge is 0.480 e. The fourth-order valence-electron chi connectivity index (χ4n) is 1.21. The van der Waals surface area contributed by atoms with Gasteiger partial charge in [-0.1, -0.05) is 6.07 Å². The van der Waals surface area contributed by atoms with Gasteiger partial charge in [0.25, 0.3) is 0 Å². The first kappa shape index (κ1) is 14.0. The third kappa shape index (κ3) is 4.10. The van der Waals surface area contributed by atoms with Gasteiger partial charge < -0.3 is 16.2 Å². The number of rotatable bonds is 5. The standard InChI is InChI=1S/C11H12F2N2O3/c12-7-2-1-6(3-8(7)13)5-15-10(16)4-9(14)11(17)18/h1-3,9H,4-5,14H2,(H,15,16)(H,17,18). The Kier molecular flexibility index (Phi) is 4.73. The van der Waals surface area contributed by atoms with Crippen LogP contribution >= 0.6 is 0 Å². The number of carbonyl (C=O) groups is 2. The molecule has 0 radical (unpaired) electrons. The van der Waals surface area contributed by atoms with Gasteiger partial charge in [-0.25, -0.2) is 8.78 Å². The first-order valence-electron chi connectivity index (χ1n) is 5.09. The Bertz CT molecular complexity index is 466. The van der Waals surface area contributed by atoms with E-state index < -0.39 is 29.6 Å². The normalized spacial score (nSPS) is 11.9. The van der Waals surface area contributed by atoms with Crippen LogP contribution in [0, 0.1) is 11.6 Å². The molecule has 0 spiro atoms. The summed E-state index contributed by atoms with van der Waals surface area (Å²) < 4.78 is 25.4. The Labute approximate surface area is 102 Å². The summed E-state index contributed by atoms with van der Waals surface area (Å²) in [5.74, 6) is -3.84. The van der Waals surface area contributed by atoms with Gasteiger partial charge in [0.2, 0.25) is 5.91 Å². The summed E-state index contributed by atoms with van der Waals surface area (Å²) in [6.45, 7) is -0.0254. The fourth-order valence-corrected chi connectivity index (χ4v) is 1.21. The second-order valence-corrected chi connectivity index (χ2v) is 3.67. The maximum Gasteiger partial charge on any atom is 0.321 e. The minimum Gasteiger partial charge on any atom is -0.480 e. The highest BCUT2D eigenvalue weighted by Gasteiger charge is 2.15. The molecule has 0 heterocycles. The Morgan fingerprint density at radius 2 is 2.00 bits per heavy atom. The van der Waals surface area contributed by atoms with Gasteiger partial charge in [0.05, 0.1) is 6.42 Å².